The van der Waals surface area contributed by atoms with Gasteiger partial charge in [-0.2, -0.15) is 0 Å². The molecule has 2 rings (SSSR count). The van der Waals surface area contributed by atoms with E-state index in [1.165, 1.54) is 11.0 Å². The summed E-state index contributed by atoms with van der Waals surface area (Å²) in [5.41, 5.74) is 0.294. The molecule has 4 nitrogen and oxygen atoms in total. The summed E-state index contributed by atoms with van der Waals surface area (Å²) < 4.78 is 0.732. The van der Waals surface area contributed by atoms with Crippen LogP contribution in [0.2, 0.25) is 8.67 Å². The second kappa shape index (κ2) is 6.33. The van der Waals surface area contributed by atoms with E-state index in [-0.39, 0.29) is 5.91 Å². The summed E-state index contributed by atoms with van der Waals surface area (Å²) in [7, 11) is 0. The van der Waals surface area contributed by atoms with Crippen LogP contribution in [0.1, 0.15) is 36.5 Å². The number of carboxylic acid groups (broad SMARTS) is 1. The minimum atomic E-state index is -0.964. The molecule has 1 aromatic heterocycles. The Kier molecular flexibility index (Phi) is 4.94. The summed E-state index contributed by atoms with van der Waals surface area (Å²) in [5, 5.41) is 9.34. The van der Waals surface area contributed by atoms with Crippen molar-refractivity contribution < 1.29 is 14.7 Å². The van der Waals surface area contributed by atoms with E-state index in [0.717, 1.165) is 24.2 Å². The molecule has 7 heteroatoms. The number of likely N-dealkylation sites (tertiary alicyclic amines) is 1. The number of rotatable bonds is 3. The molecule has 0 aromatic carbocycles. The Morgan fingerprint density at radius 3 is 2.70 bits per heavy atom. The summed E-state index contributed by atoms with van der Waals surface area (Å²) in [6.45, 7) is 2.48. The molecule has 0 saturated carbocycles. The van der Waals surface area contributed by atoms with Crippen molar-refractivity contribution in [2.75, 3.05) is 6.54 Å². The molecule has 1 saturated heterocycles. The predicted octanol–water partition coefficient (Wildman–Crippen LogP) is 3.77. The van der Waals surface area contributed by atoms with E-state index < -0.39 is 12.0 Å². The van der Waals surface area contributed by atoms with Crippen molar-refractivity contribution in [1.29, 1.82) is 0 Å². The van der Waals surface area contributed by atoms with E-state index in [0.29, 0.717) is 33.1 Å². The van der Waals surface area contributed by atoms with Crippen LogP contribution in [-0.4, -0.2) is 34.5 Å². The second-order valence-electron chi connectivity index (χ2n) is 4.89. The van der Waals surface area contributed by atoms with E-state index in [2.05, 4.69) is 0 Å². The van der Waals surface area contributed by atoms with Crippen LogP contribution in [0.4, 0.5) is 0 Å². The highest BCUT2D eigenvalue weighted by Gasteiger charge is 2.36. The summed E-state index contributed by atoms with van der Waals surface area (Å²) in [4.78, 5) is 25.3. The first-order valence-corrected chi connectivity index (χ1v) is 7.99. The third-order valence-corrected chi connectivity index (χ3v) is 5.21. The predicted molar refractivity (Wildman–Crippen MR) is 79.8 cm³/mol. The van der Waals surface area contributed by atoms with Crippen molar-refractivity contribution >= 4 is 46.4 Å². The average molecular weight is 336 g/mol. The van der Waals surface area contributed by atoms with Crippen molar-refractivity contribution in [2.24, 2.45) is 5.92 Å². The van der Waals surface area contributed by atoms with Crippen LogP contribution in [0.15, 0.2) is 6.07 Å². The highest BCUT2D eigenvalue weighted by Crippen LogP contribution is 2.34. The third-order valence-electron chi connectivity index (χ3n) is 3.72. The molecule has 0 spiro atoms. The topological polar surface area (TPSA) is 57.6 Å². The van der Waals surface area contributed by atoms with Gasteiger partial charge in [-0.15, -0.1) is 11.3 Å². The van der Waals surface area contributed by atoms with Crippen LogP contribution in [0.3, 0.4) is 0 Å². The van der Waals surface area contributed by atoms with Crippen molar-refractivity contribution in [3.8, 4) is 0 Å². The molecular weight excluding hydrogens is 321 g/mol. The van der Waals surface area contributed by atoms with E-state index in [1.54, 1.807) is 0 Å². The molecule has 110 valence electrons. The third kappa shape index (κ3) is 3.10. The van der Waals surface area contributed by atoms with Crippen molar-refractivity contribution in [3.63, 3.8) is 0 Å². The van der Waals surface area contributed by atoms with Gasteiger partial charge in [0.05, 0.1) is 9.90 Å². The van der Waals surface area contributed by atoms with Gasteiger partial charge < -0.3 is 10.0 Å². The van der Waals surface area contributed by atoms with Gasteiger partial charge in [-0.05, 0) is 24.8 Å². The molecule has 1 aliphatic rings. The number of nitrogens with zero attached hydrogens (tertiary/aromatic N) is 1. The SMILES string of the molecule is CCC1CCN(C(=O)c2cc(Cl)sc2Cl)C(C(=O)O)C1. The van der Waals surface area contributed by atoms with Crippen molar-refractivity contribution in [3.05, 3.63) is 20.3 Å². The Morgan fingerprint density at radius 1 is 1.50 bits per heavy atom. The second-order valence-corrected chi connectivity index (χ2v) is 7.17. The lowest BCUT2D eigenvalue weighted by Gasteiger charge is -2.36. The zero-order valence-electron chi connectivity index (χ0n) is 10.9. The molecule has 20 heavy (non-hydrogen) atoms. The van der Waals surface area contributed by atoms with Gasteiger partial charge in [0.2, 0.25) is 0 Å². The van der Waals surface area contributed by atoms with Gasteiger partial charge in [0.15, 0.2) is 0 Å². The molecule has 1 aromatic rings. The first kappa shape index (κ1) is 15.6. The maximum atomic E-state index is 12.5. The number of carbonyl (C=O) groups excluding carboxylic acids is 1. The molecule has 0 aliphatic carbocycles. The Bertz CT molecular complexity index is 532. The minimum Gasteiger partial charge on any atom is -0.480 e. The van der Waals surface area contributed by atoms with Gasteiger partial charge in [0.25, 0.3) is 5.91 Å². The Balaban J connectivity index is 2.23. The number of hydrogen-bond donors (Lipinski definition) is 1. The summed E-state index contributed by atoms with van der Waals surface area (Å²) in [6, 6.07) is 0.720. The van der Waals surface area contributed by atoms with E-state index >= 15 is 0 Å². The maximum absolute atomic E-state index is 12.5. The van der Waals surface area contributed by atoms with Gasteiger partial charge in [0.1, 0.15) is 10.4 Å². The van der Waals surface area contributed by atoms with Crippen LogP contribution in [-0.2, 0) is 4.79 Å². The summed E-state index contributed by atoms with van der Waals surface area (Å²) in [6.07, 6.45) is 2.24. The first-order chi connectivity index (χ1) is 9.43. The zero-order valence-corrected chi connectivity index (χ0v) is 13.3. The monoisotopic (exact) mass is 335 g/mol. The fourth-order valence-corrected chi connectivity index (χ4v) is 3.98. The number of aliphatic carboxylic acids is 1. The number of hydrogen-bond acceptors (Lipinski definition) is 3. The van der Waals surface area contributed by atoms with Crippen LogP contribution in [0.25, 0.3) is 0 Å². The van der Waals surface area contributed by atoms with Crippen LogP contribution in [0.5, 0.6) is 0 Å². The van der Waals surface area contributed by atoms with Crippen LogP contribution >= 0.6 is 34.5 Å². The number of piperidine rings is 1. The number of halogens is 2. The lowest BCUT2D eigenvalue weighted by Crippen LogP contribution is -2.50. The molecule has 1 fully saturated rings. The maximum Gasteiger partial charge on any atom is 0.326 e. The minimum absolute atomic E-state index is 0.294. The van der Waals surface area contributed by atoms with Gasteiger partial charge in [0, 0.05) is 6.54 Å². The van der Waals surface area contributed by atoms with E-state index in [1.807, 2.05) is 6.92 Å². The van der Waals surface area contributed by atoms with Crippen molar-refractivity contribution in [2.45, 2.75) is 32.2 Å². The molecule has 0 bridgehead atoms. The quantitative estimate of drug-likeness (QED) is 0.914. The molecule has 1 N–H and O–H groups in total. The number of carbonyl (C=O) groups is 2. The summed E-state index contributed by atoms with van der Waals surface area (Å²) in [5.74, 6) is -0.962. The van der Waals surface area contributed by atoms with Crippen LogP contribution in [0, 0.1) is 5.92 Å². The lowest BCUT2D eigenvalue weighted by molar-refractivity contribution is -0.144. The summed E-state index contributed by atoms with van der Waals surface area (Å²) >= 11 is 12.9. The Morgan fingerprint density at radius 2 is 2.20 bits per heavy atom. The standard InChI is InChI=1S/C13H15Cl2NO3S/c1-2-7-3-4-16(9(5-7)13(18)19)12(17)8-6-10(14)20-11(8)15/h6-7,9H,2-5H2,1H3,(H,18,19). The number of amides is 1. The van der Waals surface area contributed by atoms with Crippen LogP contribution < -0.4 is 0 Å². The molecule has 2 atom stereocenters. The van der Waals surface area contributed by atoms with Gasteiger partial charge >= 0.3 is 5.97 Å². The van der Waals surface area contributed by atoms with Gasteiger partial charge in [-0.25, -0.2) is 4.79 Å². The first-order valence-electron chi connectivity index (χ1n) is 6.42. The van der Waals surface area contributed by atoms with Gasteiger partial charge in [-0.1, -0.05) is 36.5 Å². The molecule has 2 unspecified atom stereocenters. The molecule has 1 amide bonds. The Labute approximate surface area is 131 Å². The number of carboxylic acids is 1. The lowest BCUT2D eigenvalue weighted by atomic mass is 9.88. The highest BCUT2D eigenvalue weighted by atomic mass is 35.5. The average Bonchev–Trinajstić information content (AvgIpc) is 2.76. The molecule has 0 radical (unpaired) electrons. The smallest absolute Gasteiger partial charge is 0.326 e. The van der Waals surface area contributed by atoms with Crippen molar-refractivity contribution in [1.82, 2.24) is 4.90 Å². The largest absolute Gasteiger partial charge is 0.480 e. The fourth-order valence-electron chi connectivity index (χ4n) is 2.53. The number of thiophene rings is 1. The van der Waals surface area contributed by atoms with E-state index in [9.17, 15) is 14.7 Å². The molecule has 2 heterocycles. The molecular formula is C13H15Cl2NO3S. The highest BCUT2D eigenvalue weighted by molar-refractivity contribution is 7.20. The molecule has 1 aliphatic heterocycles. The van der Waals surface area contributed by atoms with Gasteiger partial charge in [-0.3, -0.25) is 4.79 Å². The van der Waals surface area contributed by atoms with E-state index in [4.69, 9.17) is 23.2 Å². The zero-order chi connectivity index (χ0) is 14.9. The fraction of sp³-hybridized carbons (Fsp3) is 0.538. The Hall–Kier alpha value is -0.780. The normalized spacial score (nSPS) is 22.9.